The van der Waals surface area contributed by atoms with E-state index in [1.165, 1.54) is 17.6 Å². The smallest absolute Gasteiger partial charge is 0.349 e. The number of carbonyl (C=O) groups excluding carboxylic acids is 1. The molecule has 0 N–H and O–H groups in total. The number of aromatic nitrogens is 4. The van der Waals surface area contributed by atoms with Gasteiger partial charge in [0, 0.05) is 22.7 Å². The maximum Gasteiger partial charge on any atom is 0.349 e. The summed E-state index contributed by atoms with van der Waals surface area (Å²) in [6, 6.07) is 8.91. The van der Waals surface area contributed by atoms with Crippen molar-refractivity contribution in [1.29, 1.82) is 0 Å². The fourth-order valence-corrected chi connectivity index (χ4v) is 10.6. The van der Waals surface area contributed by atoms with Crippen LogP contribution in [0.2, 0.25) is 10.1 Å². The molecule has 2 aliphatic rings. The standard InChI is InChI=1S/C26H34FN5O4Si/c1-25(2,3)37(26(4,5)6)34-13-17-20(36-37)18(27)24(35-17)32-15-30-19-21(28-14-29-22(19)32)31(7)23(33)16-11-9-8-10-12-16/h8-12,14-15,17-18,20,24H,13H2,1-7H3/t17-,18+,20?,24-/m1/s1. The minimum Gasteiger partial charge on any atom is -0.391 e. The Labute approximate surface area is 217 Å². The molecule has 3 aromatic rings. The predicted molar refractivity (Wildman–Crippen MR) is 139 cm³/mol. The summed E-state index contributed by atoms with van der Waals surface area (Å²) in [6.45, 7) is 12.9. The first-order valence-electron chi connectivity index (χ1n) is 12.5. The van der Waals surface area contributed by atoms with Crippen LogP contribution in [0.5, 0.6) is 0 Å². The second-order valence-corrected chi connectivity index (χ2v) is 16.5. The predicted octanol–water partition coefficient (Wildman–Crippen LogP) is 4.80. The van der Waals surface area contributed by atoms with Crippen LogP contribution in [0.25, 0.3) is 11.2 Å². The van der Waals surface area contributed by atoms with Crippen molar-refractivity contribution in [3.8, 4) is 0 Å². The topological polar surface area (TPSA) is 91.6 Å². The number of rotatable bonds is 3. The maximum atomic E-state index is 16.1. The number of ether oxygens (including phenoxy) is 1. The number of anilines is 1. The van der Waals surface area contributed by atoms with E-state index in [1.807, 2.05) is 6.07 Å². The van der Waals surface area contributed by atoms with E-state index < -0.39 is 33.2 Å². The van der Waals surface area contributed by atoms with Gasteiger partial charge in [0.1, 0.15) is 18.5 Å². The average molecular weight is 528 g/mol. The maximum absolute atomic E-state index is 16.1. The van der Waals surface area contributed by atoms with Gasteiger partial charge in [0.25, 0.3) is 5.91 Å². The molecule has 0 saturated carbocycles. The van der Waals surface area contributed by atoms with E-state index in [1.54, 1.807) is 35.9 Å². The van der Waals surface area contributed by atoms with Crippen molar-refractivity contribution in [2.45, 2.75) is 76.2 Å². The van der Waals surface area contributed by atoms with Gasteiger partial charge in [-0.1, -0.05) is 59.7 Å². The molecule has 0 bridgehead atoms. The molecule has 4 heterocycles. The number of halogens is 1. The third-order valence-electron chi connectivity index (χ3n) is 7.25. The van der Waals surface area contributed by atoms with Crippen LogP contribution in [-0.4, -0.2) is 66.0 Å². The van der Waals surface area contributed by atoms with Gasteiger partial charge in [0.05, 0.1) is 12.9 Å². The van der Waals surface area contributed by atoms with Crippen molar-refractivity contribution in [2.75, 3.05) is 18.6 Å². The molecule has 0 spiro atoms. The minimum absolute atomic E-state index is 0.238. The Morgan fingerprint density at radius 3 is 2.41 bits per heavy atom. The Morgan fingerprint density at radius 2 is 1.76 bits per heavy atom. The molecule has 37 heavy (non-hydrogen) atoms. The Bertz CT molecular complexity index is 1290. The van der Waals surface area contributed by atoms with Crippen LogP contribution >= 0.6 is 0 Å². The van der Waals surface area contributed by atoms with Gasteiger partial charge in [-0.25, -0.2) is 19.3 Å². The highest BCUT2D eigenvalue weighted by atomic mass is 28.4. The fraction of sp³-hybridized carbons (Fsp3) is 0.538. The Balaban J connectivity index is 1.46. The summed E-state index contributed by atoms with van der Waals surface area (Å²) < 4.78 is 36.9. The molecule has 4 atom stereocenters. The van der Waals surface area contributed by atoms with E-state index in [0.717, 1.165) is 0 Å². The lowest BCUT2D eigenvalue weighted by Crippen LogP contribution is -2.65. The third kappa shape index (κ3) is 4.08. The van der Waals surface area contributed by atoms with Crippen molar-refractivity contribution in [3.05, 3.63) is 48.5 Å². The molecule has 2 aliphatic heterocycles. The SMILES string of the molecule is CN(C(=O)c1ccccc1)c1ncnc2c1ncn2[C@@H]1O[C@@H]2CO[Si](C(C)(C)C)(C(C)(C)C)OC2[C@@H]1F. The summed E-state index contributed by atoms with van der Waals surface area (Å²) in [6.07, 6.45) is -0.930. The second-order valence-electron chi connectivity index (χ2n) is 11.8. The highest BCUT2D eigenvalue weighted by Gasteiger charge is 2.65. The van der Waals surface area contributed by atoms with Crippen molar-refractivity contribution < 1.29 is 22.8 Å². The van der Waals surface area contributed by atoms with Gasteiger partial charge in [-0.3, -0.25) is 14.3 Å². The zero-order valence-electron chi connectivity index (χ0n) is 22.3. The second kappa shape index (κ2) is 8.93. The van der Waals surface area contributed by atoms with Crippen molar-refractivity contribution in [2.24, 2.45) is 0 Å². The van der Waals surface area contributed by atoms with E-state index in [9.17, 15) is 4.79 Å². The number of fused-ring (bicyclic) bond motifs is 2. The summed E-state index contributed by atoms with van der Waals surface area (Å²) in [5.41, 5.74) is 1.27. The Kier molecular flexibility index (Phi) is 6.25. The lowest BCUT2D eigenvalue weighted by Gasteiger charge is -2.53. The summed E-state index contributed by atoms with van der Waals surface area (Å²) >= 11 is 0. The quantitative estimate of drug-likeness (QED) is 0.452. The first-order valence-corrected chi connectivity index (χ1v) is 14.3. The molecule has 2 saturated heterocycles. The molecule has 1 amide bonds. The zero-order valence-corrected chi connectivity index (χ0v) is 23.3. The van der Waals surface area contributed by atoms with Gasteiger partial charge in [0.2, 0.25) is 0 Å². The lowest BCUT2D eigenvalue weighted by molar-refractivity contribution is -0.0794. The zero-order chi connectivity index (χ0) is 26.8. The van der Waals surface area contributed by atoms with Crippen LogP contribution in [0, 0.1) is 0 Å². The number of benzene rings is 1. The van der Waals surface area contributed by atoms with Crippen molar-refractivity contribution in [3.63, 3.8) is 0 Å². The van der Waals surface area contributed by atoms with E-state index in [-0.39, 0.29) is 22.6 Å². The molecule has 11 heteroatoms. The third-order valence-corrected chi connectivity index (χ3v) is 12.4. The molecule has 0 aliphatic carbocycles. The minimum atomic E-state index is -2.86. The van der Waals surface area contributed by atoms with Gasteiger partial charge in [-0.05, 0) is 12.1 Å². The summed E-state index contributed by atoms with van der Waals surface area (Å²) in [4.78, 5) is 27.6. The number of carbonyl (C=O) groups is 1. The molecule has 198 valence electrons. The highest BCUT2D eigenvalue weighted by molar-refractivity contribution is 6.73. The van der Waals surface area contributed by atoms with E-state index in [2.05, 4.69) is 56.5 Å². The van der Waals surface area contributed by atoms with Gasteiger partial charge >= 0.3 is 8.56 Å². The molecule has 1 aromatic carbocycles. The first kappa shape index (κ1) is 25.9. The van der Waals surface area contributed by atoms with E-state index in [0.29, 0.717) is 22.5 Å². The summed E-state index contributed by atoms with van der Waals surface area (Å²) in [7, 11) is -1.24. The van der Waals surface area contributed by atoms with Gasteiger partial charge in [0.15, 0.2) is 29.4 Å². The normalized spacial score (nSPS) is 25.7. The number of hydrogen-bond donors (Lipinski definition) is 0. The van der Waals surface area contributed by atoms with Crippen LogP contribution in [-0.2, 0) is 13.6 Å². The lowest BCUT2D eigenvalue weighted by atomic mass is 10.1. The Hall–Kier alpha value is -2.73. The molecule has 2 fully saturated rings. The highest BCUT2D eigenvalue weighted by Crippen LogP contribution is 2.56. The Morgan fingerprint density at radius 1 is 1.08 bits per heavy atom. The number of hydrogen-bond acceptors (Lipinski definition) is 7. The van der Waals surface area contributed by atoms with Crippen molar-refractivity contribution >= 4 is 31.4 Å². The van der Waals surface area contributed by atoms with Gasteiger partial charge in [-0.2, -0.15) is 0 Å². The molecule has 0 radical (unpaired) electrons. The van der Waals surface area contributed by atoms with Crippen LogP contribution < -0.4 is 4.90 Å². The molecule has 1 unspecified atom stereocenters. The average Bonchev–Trinajstić information content (AvgIpc) is 3.42. The number of imidazole rings is 1. The monoisotopic (exact) mass is 527 g/mol. The van der Waals surface area contributed by atoms with Crippen molar-refractivity contribution in [1.82, 2.24) is 19.5 Å². The van der Waals surface area contributed by atoms with E-state index >= 15 is 4.39 Å². The van der Waals surface area contributed by atoms with Crippen LogP contribution in [0.4, 0.5) is 10.2 Å². The van der Waals surface area contributed by atoms with Gasteiger partial charge < -0.3 is 13.6 Å². The molecule has 2 aromatic heterocycles. The molecular formula is C26H34FN5O4Si. The largest absolute Gasteiger partial charge is 0.391 e. The first-order chi connectivity index (χ1) is 17.4. The van der Waals surface area contributed by atoms with Crippen LogP contribution in [0.1, 0.15) is 58.1 Å². The number of nitrogens with zero attached hydrogens (tertiary/aromatic N) is 5. The van der Waals surface area contributed by atoms with E-state index in [4.69, 9.17) is 13.6 Å². The van der Waals surface area contributed by atoms with Crippen LogP contribution in [0.15, 0.2) is 43.0 Å². The molecular weight excluding hydrogens is 493 g/mol. The molecule has 9 nitrogen and oxygen atoms in total. The summed E-state index contributed by atoms with van der Waals surface area (Å²) in [5, 5.41) is -0.540. The number of amides is 1. The number of alkyl halides is 1. The molecule has 5 rings (SSSR count). The fourth-order valence-electron chi connectivity index (χ4n) is 5.67. The van der Waals surface area contributed by atoms with Gasteiger partial charge in [-0.15, -0.1) is 0 Å². The van der Waals surface area contributed by atoms with Crippen LogP contribution in [0.3, 0.4) is 0 Å². The summed E-state index contributed by atoms with van der Waals surface area (Å²) in [5.74, 6) is 0.0905.